The van der Waals surface area contributed by atoms with E-state index in [9.17, 15) is 10.1 Å². The molecule has 0 bridgehead atoms. The maximum atomic E-state index is 10.7. The summed E-state index contributed by atoms with van der Waals surface area (Å²) in [5, 5.41) is 19.7. The molecule has 0 amide bonds. The number of aliphatic hydroxyl groups excluding tert-OH is 1. The zero-order valence-electron chi connectivity index (χ0n) is 10.8. The van der Waals surface area contributed by atoms with Gasteiger partial charge in [0.05, 0.1) is 11.5 Å². The van der Waals surface area contributed by atoms with Crippen LogP contribution in [0.4, 0.5) is 11.5 Å². The summed E-state index contributed by atoms with van der Waals surface area (Å²) in [4.78, 5) is 16.5. The van der Waals surface area contributed by atoms with Crippen LogP contribution in [0.25, 0.3) is 0 Å². The molecule has 0 aliphatic heterocycles. The van der Waals surface area contributed by atoms with Crippen LogP contribution in [0.1, 0.15) is 25.5 Å². The fourth-order valence-corrected chi connectivity index (χ4v) is 1.72. The first-order valence-corrected chi connectivity index (χ1v) is 6.08. The minimum atomic E-state index is -0.436. The fraction of sp³-hybridized carbons (Fsp3) is 0.583. The van der Waals surface area contributed by atoms with Crippen molar-refractivity contribution in [1.29, 1.82) is 0 Å². The number of hydrogen-bond acceptors (Lipinski definition) is 5. The lowest BCUT2D eigenvalue weighted by Crippen LogP contribution is -2.28. The summed E-state index contributed by atoms with van der Waals surface area (Å²) < 4.78 is 0. The Morgan fingerprint density at radius 3 is 2.67 bits per heavy atom. The first-order chi connectivity index (χ1) is 8.60. The van der Waals surface area contributed by atoms with Gasteiger partial charge in [-0.3, -0.25) is 10.1 Å². The van der Waals surface area contributed by atoms with Crippen molar-refractivity contribution in [3.8, 4) is 0 Å². The molecule has 6 heteroatoms. The third kappa shape index (κ3) is 3.66. The van der Waals surface area contributed by atoms with Crippen molar-refractivity contribution in [3.63, 3.8) is 0 Å². The standard InChI is InChI=1S/C12H19N3O3/c1-3-4-7-14(8-9-16)12-6-5-11(15(17)18)10(2)13-12/h5-6,16H,3-4,7-9H2,1-2H3. The van der Waals surface area contributed by atoms with Crippen molar-refractivity contribution in [2.45, 2.75) is 26.7 Å². The number of anilines is 1. The van der Waals surface area contributed by atoms with E-state index in [1.54, 1.807) is 13.0 Å². The highest BCUT2D eigenvalue weighted by Gasteiger charge is 2.14. The summed E-state index contributed by atoms with van der Waals surface area (Å²) in [5.41, 5.74) is 0.426. The molecule has 1 heterocycles. The Hall–Kier alpha value is -1.69. The first-order valence-electron chi connectivity index (χ1n) is 6.08. The molecular weight excluding hydrogens is 234 g/mol. The number of pyridine rings is 1. The molecule has 1 aromatic rings. The molecule has 0 saturated carbocycles. The first kappa shape index (κ1) is 14.4. The van der Waals surface area contributed by atoms with Gasteiger partial charge in [-0.2, -0.15) is 0 Å². The maximum absolute atomic E-state index is 10.7. The van der Waals surface area contributed by atoms with Crippen LogP contribution in [-0.4, -0.2) is 34.7 Å². The second-order valence-electron chi connectivity index (χ2n) is 4.10. The van der Waals surface area contributed by atoms with Crippen molar-refractivity contribution in [1.82, 2.24) is 4.98 Å². The fourth-order valence-electron chi connectivity index (χ4n) is 1.72. The van der Waals surface area contributed by atoms with E-state index in [2.05, 4.69) is 11.9 Å². The van der Waals surface area contributed by atoms with E-state index >= 15 is 0 Å². The smallest absolute Gasteiger partial charge is 0.290 e. The lowest BCUT2D eigenvalue weighted by atomic mass is 10.2. The number of unbranched alkanes of at least 4 members (excludes halogenated alkanes) is 1. The molecule has 0 aromatic carbocycles. The van der Waals surface area contributed by atoms with Crippen molar-refractivity contribution in [3.05, 3.63) is 27.9 Å². The van der Waals surface area contributed by atoms with Crippen molar-refractivity contribution < 1.29 is 10.0 Å². The van der Waals surface area contributed by atoms with Crippen LogP contribution in [0.15, 0.2) is 12.1 Å². The molecule has 0 aliphatic carbocycles. The molecule has 0 unspecified atom stereocenters. The van der Waals surface area contributed by atoms with Gasteiger partial charge in [-0.15, -0.1) is 0 Å². The van der Waals surface area contributed by atoms with E-state index in [0.29, 0.717) is 18.1 Å². The van der Waals surface area contributed by atoms with E-state index in [4.69, 9.17) is 5.11 Å². The molecule has 0 radical (unpaired) electrons. The number of aryl methyl sites for hydroxylation is 1. The van der Waals surface area contributed by atoms with Crippen LogP contribution in [0, 0.1) is 17.0 Å². The van der Waals surface area contributed by atoms with Crippen LogP contribution in [0.5, 0.6) is 0 Å². The lowest BCUT2D eigenvalue weighted by molar-refractivity contribution is -0.385. The monoisotopic (exact) mass is 253 g/mol. The summed E-state index contributed by atoms with van der Waals surface area (Å²) in [7, 11) is 0. The Kier molecular flexibility index (Phi) is 5.51. The van der Waals surface area contributed by atoms with E-state index < -0.39 is 4.92 Å². The predicted molar refractivity (Wildman–Crippen MR) is 69.8 cm³/mol. The summed E-state index contributed by atoms with van der Waals surface area (Å²) in [6.07, 6.45) is 2.05. The molecule has 1 N–H and O–H groups in total. The molecular formula is C12H19N3O3. The maximum Gasteiger partial charge on any atom is 0.290 e. The summed E-state index contributed by atoms with van der Waals surface area (Å²) in [6.45, 7) is 5.04. The Morgan fingerprint density at radius 2 is 2.17 bits per heavy atom. The molecule has 1 rings (SSSR count). The Balaban J connectivity index is 2.91. The molecule has 1 aromatic heterocycles. The van der Waals surface area contributed by atoms with Crippen LogP contribution < -0.4 is 4.90 Å². The highest BCUT2D eigenvalue weighted by Crippen LogP contribution is 2.20. The summed E-state index contributed by atoms with van der Waals surface area (Å²) >= 11 is 0. The van der Waals surface area contributed by atoms with Gasteiger partial charge in [0.25, 0.3) is 5.69 Å². The van der Waals surface area contributed by atoms with Gasteiger partial charge in [0, 0.05) is 19.2 Å². The zero-order valence-corrected chi connectivity index (χ0v) is 10.8. The second-order valence-corrected chi connectivity index (χ2v) is 4.10. The number of hydrogen-bond donors (Lipinski definition) is 1. The van der Waals surface area contributed by atoms with E-state index in [0.717, 1.165) is 19.4 Å². The molecule has 0 fully saturated rings. The number of rotatable bonds is 7. The minimum absolute atomic E-state index is 0.0261. The van der Waals surface area contributed by atoms with Crippen molar-refractivity contribution in [2.75, 3.05) is 24.6 Å². The second kappa shape index (κ2) is 6.90. The highest BCUT2D eigenvalue weighted by atomic mass is 16.6. The van der Waals surface area contributed by atoms with Gasteiger partial charge in [-0.05, 0) is 19.4 Å². The van der Waals surface area contributed by atoms with Crippen LogP contribution in [0.2, 0.25) is 0 Å². The Morgan fingerprint density at radius 1 is 1.44 bits per heavy atom. The molecule has 0 aliphatic rings. The van der Waals surface area contributed by atoms with E-state index in [-0.39, 0.29) is 12.3 Å². The van der Waals surface area contributed by atoms with Gasteiger partial charge in [0.2, 0.25) is 0 Å². The molecule has 0 atom stereocenters. The van der Waals surface area contributed by atoms with Crippen molar-refractivity contribution >= 4 is 11.5 Å². The van der Waals surface area contributed by atoms with Crippen LogP contribution in [-0.2, 0) is 0 Å². The van der Waals surface area contributed by atoms with Gasteiger partial charge < -0.3 is 10.0 Å². The third-order valence-electron chi connectivity index (χ3n) is 2.72. The highest BCUT2D eigenvalue weighted by molar-refractivity contribution is 5.46. The molecule has 6 nitrogen and oxygen atoms in total. The van der Waals surface area contributed by atoms with Gasteiger partial charge in [0.15, 0.2) is 0 Å². The van der Waals surface area contributed by atoms with Gasteiger partial charge >= 0.3 is 0 Å². The lowest BCUT2D eigenvalue weighted by Gasteiger charge is -2.22. The van der Waals surface area contributed by atoms with Gasteiger partial charge in [-0.1, -0.05) is 13.3 Å². The zero-order chi connectivity index (χ0) is 13.5. The molecule has 0 saturated heterocycles. The van der Waals surface area contributed by atoms with Gasteiger partial charge in [0.1, 0.15) is 11.5 Å². The van der Waals surface area contributed by atoms with E-state index in [1.165, 1.54) is 6.07 Å². The third-order valence-corrected chi connectivity index (χ3v) is 2.72. The van der Waals surface area contributed by atoms with E-state index in [1.807, 2.05) is 4.90 Å². The normalized spacial score (nSPS) is 10.4. The number of aliphatic hydroxyl groups is 1. The number of nitrogens with zero attached hydrogens (tertiary/aromatic N) is 3. The van der Waals surface area contributed by atoms with Crippen LogP contribution in [0.3, 0.4) is 0 Å². The number of nitro groups is 1. The van der Waals surface area contributed by atoms with Crippen LogP contribution >= 0.6 is 0 Å². The average Bonchev–Trinajstić information content (AvgIpc) is 2.33. The Bertz CT molecular complexity index is 410. The SMILES string of the molecule is CCCCN(CCO)c1ccc([N+](=O)[O-])c(C)n1. The Labute approximate surface area is 106 Å². The predicted octanol–water partition coefficient (Wildman–Crippen LogP) is 1.90. The minimum Gasteiger partial charge on any atom is -0.395 e. The molecule has 0 spiro atoms. The number of aromatic nitrogens is 1. The summed E-state index contributed by atoms with van der Waals surface area (Å²) in [6, 6.07) is 3.10. The van der Waals surface area contributed by atoms with Gasteiger partial charge in [-0.25, -0.2) is 4.98 Å². The largest absolute Gasteiger partial charge is 0.395 e. The topological polar surface area (TPSA) is 79.5 Å². The van der Waals surface area contributed by atoms with Crippen molar-refractivity contribution in [2.24, 2.45) is 0 Å². The average molecular weight is 253 g/mol. The molecule has 18 heavy (non-hydrogen) atoms. The summed E-state index contributed by atoms with van der Waals surface area (Å²) in [5.74, 6) is 0.681. The quantitative estimate of drug-likeness (QED) is 0.593. The molecule has 100 valence electrons.